The number of sulfonamides is 1. The fraction of sp³-hybridized carbons (Fsp3) is 0.714. The maximum absolute atomic E-state index is 12.7. The average molecular weight is 318 g/mol. The standard InChI is InChI=1S/C14H26N2O4S/c1-9(2)13(8-19-6)16-21(17,18)14-11(4)20-10(3)12(14)7-15-5/h9,13,15-16H,7-8H2,1-6H3. The van der Waals surface area contributed by atoms with Gasteiger partial charge in [0.25, 0.3) is 0 Å². The second kappa shape index (κ2) is 7.40. The minimum absolute atomic E-state index is 0.126. The lowest BCUT2D eigenvalue weighted by Crippen LogP contribution is -2.42. The highest BCUT2D eigenvalue weighted by atomic mass is 32.2. The number of furan rings is 1. The minimum Gasteiger partial charge on any atom is -0.465 e. The minimum atomic E-state index is -3.65. The Kier molecular flexibility index (Phi) is 6.40. The van der Waals surface area contributed by atoms with E-state index in [0.29, 0.717) is 30.2 Å². The van der Waals surface area contributed by atoms with Crippen LogP contribution in [-0.4, -0.2) is 35.2 Å². The summed E-state index contributed by atoms with van der Waals surface area (Å²) in [6.45, 7) is 8.11. The van der Waals surface area contributed by atoms with Crippen LogP contribution in [0.15, 0.2) is 9.31 Å². The summed E-state index contributed by atoms with van der Waals surface area (Å²) in [7, 11) is -0.323. The van der Waals surface area contributed by atoms with Gasteiger partial charge < -0.3 is 14.5 Å². The number of rotatable bonds is 8. The predicted molar refractivity (Wildman–Crippen MR) is 81.8 cm³/mol. The summed E-state index contributed by atoms with van der Waals surface area (Å²) in [6, 6.07) is -0.281. The molecule has 0 aliphatic carbocycles. The number of methoxy groups -OCH3 is 1. The maximum Gasteiger partial charge on any atom is 0.244 e. The normalized spacial score (nSPS) is 13.9. The number of ether oxygens (including phenoxy) is 1. The van der Waals surface area contributed by atoms with Gasteiger partial charge in [-0.05, 0) is 26.8 Å². The van der Waals surface area contributed by atoms with Crippen LogP contribution in [-0.2, 0) is 21.3 Å². The molecular formula is C14H26N2O4S. The van der Waals surface area contributed by atoms with Crippen molar-refractivity contribution in [2.75, 3.05) is 20.8 Å². The molecule has 1 rings (SSSR count). The smallest absolute Gasteiger partial charge is 0.244 e. The third-order valence-electron chi connectivity index (χ3n) is 3.40. The van der Waals surface area contributed by atoms with Crippen molar-refractivity contribution in [2.45, 2.75) is 45.2 Å². The van der Waals surface area contributed by atoms with Crippen LogP contribution in [0.4, 0.5) is 0 Å². The van der Waals surface area contributed by atoms with Gasteiger partial charge in [-0.2, -0.15) is 0 Å². The lowest BCUT2D eigenvalue weighted by molar-refractivity contribution is 0.157. The summed E-state index contributed by atoms with van der Waals surface area (Å²) >= 11 is 0. The van der Waals surface area contributed by atoms with E-state index in [0.717, 1.165) is 0 Å². The van der Waals surface area contributed by atoms with E-state index in [-0.39, 0.29) is 16.9 Å². The third-order valence-corrected chi connectivity index (χ3v) is 5.09. The van der Waals surface area contributed by atoms with Gasteiger partial charge in [-0.1, -0.05) is 13.8 Å². The SMILES string of the molecule is CNCc1c(C)oc(C)c1S(=O)(=O)NC(COC)C(C)C. The van der Waals surface area contributed by atoms with Gasteiger partial charge in [-0.3, -0.25) is 0 Å². The first-order valence-electron chi connectivity index (χ1n) is 6.99. The van der Waals surface area contributed by atoms with Crippen molar-refractivity contribution in [3.8, 4) is 0 Å². The fourth-order valence-corrected chi connectivity index (χ4v) is 4.06. The van der Waals surface area contributed by atoms with Gasteiger partial charge in [0.05, 0.1) is 6.61 Å². The molecule has 2 N–H and O–H groups in total. The summed E-state index contributed by atoms with van der Waals surface area (Å²) < 4.78 is 38.7. The lowest BCUT2D eigenvalue weighted by atomic mass is 10.1. The van der Waals surface area contributed by atoms with E-state index in [1.807, 2.05) is 13.8 Å². The first-order chi connectivity index (χ1) is 9.74. The topological polar surface area (TPSA) is 80.6 Å². The first-order valence-corrected chi connectivity index (χ1v) is 8.47. The van der Waals surface area contributed by atoms with E-state index in [2.05, 4.69) is 10.0 Å². The van der Waals surface area contributed by atoms with E-state index in [4.69, 9.17) is 9.15 Å². The number of hydrogen-bond acceptors (Lipinski definition) is 5. The van der Waals surface area contributed by atoms with E-state index in [1.54, 1.807) is 28.0 Å². The lowest BCUT2D eigenvalue weighted by Gasteiger charge is -2.21. The molecule has 0 amide bonds. The molecule has 7 heteroatoms. The molecule has 0 saturated carbocycles. The van der Waals surface area contributed by atoms with Gasteiger partial charge in [0.1, 0.15) is 16.4 Å². The molecule has 0 spiro atoms. The van der Waals surface area contributed by atoms with Gasteiger partial charge >= 0.3 is 0 Å². The Balaban J connectivity index is 3.18. The Morgan fingerprint density at radius 2 is 1.86 bits per heavy atom. The van der Waals surface area contributed by atoms with Crippen LogP contribution in [0, 0.1) is 19.8 Å². The highest BCUT2D eigenvalue weighted by molar-refractivity contribution is 7.89. The highest BCUT2D eigenvalue weighted by Gasteiger charge is 2.29. The van der Waals surface area contributed by atoms with Crippen LogP contribution < -0.4 is 10.0 Å². The summed E-state index contributed by atoms with van der Waals surface area (Å²) in [5, 5.41) is 2.97. The fourth-order valence-electron chi connectivity index (χ4n) is 2.24. The molecule has 0 aliphatic rings. The third kappa shape index (κ3) is 4.29. The molecule has 21 heavy (non-hydrogen) atoms. The molecular weight excluding hydrogens is 292 g/mol. The highest BCUT2D eigenvalue weighted by Crippen LogP contribution is 2.27. The number of nitrogens with one attached hydrogen (secondary N) is 2. The molecule has 0 saturated heterocycles. The molecule has 0 fully saturated rings. The van der Waals surface area contributed by atoms with Crippen LogP contribution in [0.5, 0.6) is 0 Å². The molecule has 0 bridgehead atoms. The molecule has 0 aromatic carbocycles. The van der Waals surface area contributed by atoms with Crippen molar-refractivity contribution in [1.29, 1.82) is 0 Å². The van der Waals surface area contributed by atoms with Gasteiger partial charge in [0, 0.05) is 25.3 Å². The molecule has 1 aromatic heterocycles. The van der Waals surface area contributed by atoms with Crippen molar-refractivity contribution in [1.82, 2.24) is 10.0 Å². The largest absolute Gasteiger partial charge is 0.465 e. The number of hydrogen-bond donors (Lipinski definition) is 2. The van der Waals surface area contributed by atoms with E-state index < -0.39 is 10.0 Å². The Morgan fingerprint density at radius 3 is 2.33 bits per heavy atom. The van der Waals surface area contributed by atoms with Crippen LogP contribution in [0.2, 0.25) is 0 Å². The van der Waals surface area contributed by atoms with Crippen LogP contribution >= 0.6 is 0 Å². The van der Waals surface area contributed by atoms with Crippen molar-refractivity contribution >= 4 is 10.0 Å². The van der Waals surface area contributed by atoms with Crippen LogP contribution in [0.25, 0.3) is 0 Å². The summed E-state index contributed by atoms with van der Waals surface area (Å²) in [4.78, 5) is 0.233. The molecule has 1 atom stereocenters. The second-order valence-electron chi connectivity index (χ2n) is 5.48. The van der Waals surface area contributed by atoms with Crippen LogP contribution in [0.3, 0.4) is 0 Å². The Hall–Kier alpha value is -0.890. The molecule has 0 aliphatic heterocycles. The monoisotopic (exact) mass is 318 g/mol. The maximum atomic E-state index is 12.7. The summed E-state index contributed by atoms with van der Waals surface area (Å²) in [5.41, 5.74) is 0.669. The molecule has 1 aromatic rings. The summed E-state index contributed by atoms with van der Waals surface area (Å²) in [5.74, 6) is 1.15. The van der Waals surface area contributed by atoms with Crippen molar-refractivity contribution < 1.29 is 17.6 Å². The predicted octanol–water partition coefficient (Wildman–Crippen LogP) is 1.57. The Bertz CT molecular complexity index is 564. The van der Waals surface area contributed by atoms with Crippen molar-refractivity contribution in [3.63, 3.8) is 0 Å². The zero-order chi connectivity index (χ0) is 16.2. The zero-order valence-electron chi connectivity index (χ0n) is 13.6. The summed E-state index contributed by atoms with van der Waals surface area (Å²) in [6.07, 6.45) is 0. The molecule has 1 heterocycles. The molecule has 1 unspecified atom stereocenters. The second-order valence-corrected chi connectivity index (χ2v) is 7.13. The van der Waals surface area contributed by atoms with Crippen LogP contribution in [0.1, 0.15) is 30.9 Å². The molecule has 122 valence electrons. The van der Waals surface area contributed by atoms with Gasteiger partial charge in [0.2, 0.25) is 10.0 Å². The van der Waals surface area contributed by atoms with Gasteiger partial charge in [0.15, 0.2) is 0 Å². The first kappa shape index (κ1) is 18.2. The van der Waals surface area contributed by atoms with Gasteiger partial charge in [-0.15, -0.1) is 0 Å². The Labute approximate surface area is 127 Å². The van der Waals surface area contributed by atoms with E-state index in [1.165, 1.54) is 0 Å². The Morgan fingerprint density at radius 1 is 1.24 bits per heavy atom. The molecule has 6 nitrogen and oxygen atoms in total. The van der Waals surface area contributed by atoms with E-state index in [9.17, 15) is 8.42 Å². The van der Waals surface area contributed by atoms with Crippen molar-refractivity contribution in [3.05, 3.63) is 17.1 Å². The quantitative estimate of drug-likeness (QED) is 0.760. The molecule has 0 radical (unpaired) electrons. The zero-order valence-corrected chi connectivity index (χ0v) is 14.4. The van der Waals surface area contributed by atoms with E-state index >= 15 is 0 Å². The number of aryl methyl sites for hydroxylation is 2. The van der Waals surface area contributed by atoms with Crippen molar-refractivity contribution in [2.24, 2.45) is 5.92 Å². The average Bonchev–Trinajstić information content (AvgIpc) is 2.64. The van der Waals surface area contributed by atoms with Gasteiger partial charge in [-0.25, -0.2) is 13.1 Å².